The van der Waals surface area contributed by atoms with Crippen LogP contribution in [0.1, 0.15) is 16.1 Å². The fourth-order valence-corrected chi connectivity index (χ4v) is 3.22. The van der Waals surface area contributed by atoms with Crippen LogP contribution in [-0.4, -0.2) is 57.1 Å². The van der Waals surface area contributed by atoms with Gasteiger partial charge in [0, 0.05) is 24.7 Å². The van der Waals surface area contributed by atoms with Gasteiger partial charge in [-0.1, -0.05) is 17.3 Å². The first-order chi connectivity index (χ1) is 12.7. The van der Waals surface area contributed by atoms with Crippen molar-refractivity contribution in [2.75, 3.05) is 44.9 Å². The number of carbonyl (C=O) groups excluding carboxylic acids is 1. The summed E-state index contributed by atoms with van der Waals surface area (Å²) in [5.74, 6) is 2.01. The SMILES string of the molecule is COc1cccc2c1OCC(NC(=O)c1cc(N3CCOCC3)no1)C2. The monoisotopic (exact) mass is 359 g/mol. The molecule has 0 spiro atoms. The number of hydrogen-bond acceptors (Lipinski definition) is 7. The van der Waals surface area contributed by atoms with Gasteiger partial charge in [-0.05, 0) is 12.5 Å². The minimum absolute atomic E-state index is 0.140. The number of methoxy groups -OCH3 is 1. The summed E-state index contributed by atoms with van der Waals surface area (Å²) in [6, 6.07) is 7.28. The second kappa shape index (κ2) is 7.25. The van der Waals surface area contributed by atoms with E-state index in [-0.39, 0.29) is 17.7 Å². The van der Waals surface area contributed by atoms with Gasteiger partial charge in [-0.15, -0.1) is 0 Å². The molecule has 0 bridgehead atoms. The molecule has 0 radical (unpaired) electrons. The van der Waals surface area contributed by atoms with Gasteiger partial charge in [0.2, 0.25) is 5.76 Å². The van der Waals surface area contributed by atoms with E-state index >= 15 is 0 Å². The van der Waals surface area contributed by atoms with Crippen LogP contribution in [0.25, 0.3) is 0 Å². The Balaban J connectivity index is 1.40. The summed E-state index contributed by atoms with van der Waals surface area (Å²) in [6.45, 7) is 3.16. The zero-order chi connectivity index (χ0) is 17.9. The van der Waals surface area contributed by atoms with Crippen molar-refractivity contribution in [2.45, 2.75) is 12.5 Å². The van der Waals surface area contributed by atoms with E-state index < -0.39 is 0 Å². The Morgan fingerprint density at radius 3 is 3.00 bits per heavy atom. The molecule has 1 aromatic heterocycles. The van der Waals surface area contributed by atoms with Crippen molar-refractivity contribution in [3.8, 4) is 11.5 Å². The van der Waals surface area contributed by atoms with Crippen LogP contribution in [0.3, 0.4) is 0 Å². The Bertz CT molecular complexity index is 785. The van der Waals surface area contributed by atoms with Gasteiger partial charge < -0.3 is 29.0 Å². The number of amides is 1. The molecule has 26 heavy (non-hydrogen) atoms. The third kappa shape index (κ3) is 3.32. The number of nitrogens with zero attached hydrogens (tertiary/aromatic N) is 2. The maximum absolute atomic E-state index is 12.5. The van der Waals surface area contributed by atoms with Crippen molar-refractivity contribution >= 4 is 11.7 Å². The van der Waals surface area contributed by atoms with Gasteiger partial charge >= 0.3 is 0 Å². The van der Waals surface area contributed by atoms with Gasteiger partial charge in [0.15, 0.2) is 17.3 Å². The van der Waals surface area contributed by atoms with Crippen LogP contribution in [0.2, 0.25) is 0 Å². The lowest BCUT2D eigenvalue weighted by Gasteiger charge is -2.26. The first-order valence-corrected chi connectivity index (χ1v) is 8.63. The lowest BCUT2D eigenvalue weighted by molar-refractivity contribution is 0.0877. The number of hydrogen-bond donors (Lipinski definition) is 1. The fraction of sp³-hybridized carbons (Fsp3) is 0.444. The first-order valence-electron chi connectivity index (χ1n) is 8.63. The molecule has 2 aromatic rings. The summed E-state index contributed by atoms with van der Waals surface area (Å²) in [4.78, 5) is 14.5. The Morgan fingerprint density at radius 1 is 1.35 bits per heavy atom. The minimum atomic E-state index is -0.294. The van der Waals surface area contributed by atoms with Gasteiger partial charge in [0.05, 0.1) is 26.4 Å². The predicted octanol–water partition coefficient (Wildman–Crippen LogP) is 1.25. The number of anilines is 1. The number of para-hydroxylation sites is 1. The van der Waals surface area contributed by atoms with Crippen molar-refractivity contribution < 1.29 is 23.5 Å². The summed E-state index contributed by atoms with van der Waals surface area (Å²) in [5.41, 5.74) is 1.01. The highest BCUT2D eigenvalue weighted by Gasteiger charge is 2.26. The quantitative estimate of drug-likeness (QED) is 0.879. The molecule has 1 amide bonds. The van der Waals surface area contributed by atoms with E-state index in [9.17, 15) is 4.79 Å². The number of nitrogens with one attached hydrogen (secondary N) is 1. The van der Waals surface area contributed by atoms with Crippen LogP contribution < -0.4 is 19.7 Å². The van der Waals surface area contributed by atoms with E-state index in [0.29, 0.717) is 37.8 Å². The lowest BCUT2D eigenvalue weighted by Crippen LogP contribution is -2.42. The predicted molar refractivity (Wildman–Crippen MR) is 93.0 cm³/mol. The van der Waals surface area contributed by atoms with Gasteiger partial charge in [-0.2, -0.15) is 0 Å². The molecule has 1 fully saturated rings. The molecule has 1 saturated heterocycles. The molecule has 2 aliphatic rings. The topological polar surface area (TPSA) is 86.1 Å². The van der Waals surface area contributed by atoms with Crippen molar-refractivity contribution in [3.05, 3.63) is 35.6 Å². The Hall–Kier alpha value is -2.74. The van der Waals surface area contributed by atoms with Gasteiger partial charge in [0.1, 0.15) is 6.61 Å². The van der Waals surface area contributed by atoms with Crippen LogP contribution in [0.5, 0.6) is 11.5 Å². The second-order valence-electron chi connectivity index (χ2n) is 6.28. The summed E-state index contributed by atoms with van der Waals surface area (Å²) in [6.07, 6.45) is 0.669. The van der Waals surface area contributed by atoms with Crippen LogP contribution in [-0.2, 0) is 11.2 Å². The van der Waals surface area contributed by atoms with Crippen LogP contribution in [0.4, 0.5) is 5.82 Å². The summed E-state index contributed by atoms with van der Waals surface area (Å²) in [7, 11) is 1.61. The molecule has 0 saturated carbocycles. The molecule has 4 rings (SSSR count). The Morgan fingerprint density at radius 2 is 2.19 bits per heavy atom. The van der Waals surface area contributed by atoms with Crippen molar-refractivity contribution in [1.29, 1.82) is 0 Å². The average molecular weight is 359 g/mol. The van der Waals surface area contributed by atoms with E-state index in [4.69, 9.17) is 18.7 Å². The highest BCUT2D eigenvalue weighted by atomic mass is 16.5. The van der Waals surface area contributed by atoms with Gasteiger partial charge in [-0.3, -0.25) is 4.79 Å². The number of morpholine rings is 1. The maximum atomic E-state index is 12.5. The molecule has 1 N–H and O–H groups in total. The number of carbonyl (C=O) groups is 1. The molecule has 1 unspecified atom stereocenters. The maximum Gasteiger partial charge on any atom is 0.290 e. The Labute approximate surface area is 151 Å². The summed E-state index contributed by atoms with van der Waals surface area (Å²) >= 11 is 0. The van der Waals surface area contributed by atoms with Crippen LogP contribution >= 0.6 is 0 Å². The third-order valence-electron chi connectivity index (χ3n) is 4.57. The highest BCUT2D eigenvalue weighted by Crippen LogP contribution is 2.34. The number of benzene rings is 1. The summed E-state index contributed by atoms with van der Waals surface area (Å²) < 4.78 is 21.6. The summed E-state index contributed by atoms with van der Waals surface area (Å²) in [5, 5.41) is 6.95. The molecular weight excluding hydrogens is 338 g/mol. The number of rotatable bonds is 4. The minimum Gasteiger partial charge on any atom is -0.493 e. The highest BCUT2D eigenvalue weighted by molar-refractivity contribution is 5.92. The molecule has 1 atom stereocenters. The number of fused-ring (bicyclic) bond motifs is 1. The molecule has 1 aromatic carbocycles. The van der Waals surface area contributed by atoms with Gasteiger partial charge in [0.25, 0.3) is 5.91 Å². The first kappa shape index (κ1) is 16.7. The number of ether oxygens (including phenoxy) is 3. The van der Waals surface area contributed by atoms with E-state index in [0.717, 1.165) is 24.4 Å². The van der Waals surface area contributed by atoms with E-state index in [1.807, 2.05) is 23.1 Å². The van der Waals surface area contributed by atoms with Crippen molar-refractivity contribution in [3.63, 3.8) is 0 Å². The van der Waals surface area contributed by atoms with E-state index in [1.165, 1.54) is 0 Å². The smallest absolute Gasteiger partial charge is 0.290 e. The molecule has 3 heterocycles. The number of aromatic nitrogens is 1. The zero-order valence-electron chi connectivity index (χ0n) is 14.6. The van der Waals surface area contributed by atoms with Crippen molar-refractivity contribution in [1.82, 2.24) is 10.5 Å². The average Bonchev–Trinajstić information content (AvgIpc) is 3.18. The largest absolute Gasteiger partial charge is 0.493 e. The van der Waals surface area contributed by atoms with E-state index in [1.54, 1.807) is 13.2 Å². The molecule has 0 aliphatic carbocycles. The molecule has 8 nitrogen and oxygen atoms in total. The van der Waals surface area contributed by atoms with E-state index in [2.05, 4.69) is 10.5 Å². The molecule has 8 heteroatoms. The second-order valence-corrected chi connectivity index (χ2v) is 6.28. The van der Waals surface area contributed by atoms with Gasteiger partial charge in [-0.25, -0.2) is 0 Å². The normalized spacial score (nSPS) is 19.4. The third-order valence-corrected chi connectivity index (χ3v) is 4.57. The molecule has 138 valence electrons. The standard InChI is InChI=1S/C18H21N3O5/c1-23-14-4-2-3-12-9-13(11-25-17(12)14)19-18(22)15-10-16(20-26-15)21-5-7-24-8-6-21/h2-4,10,13H,5-9,11H2,1H3,(H,19,22). The van der Waals surface area contributed by atoms with Crippen molar-refractivity contribution in [2.24, 2.45) is 0 Å². The molecular formula is C18H21N3O5. The Kier molecular flexibility index (Phi) is 4.66. The van der Waals surface area contributed by atoms with Crippen LogP contribution in [0, 0.1) is 0 Å². The zero-order valence-corrected chi connectivity index (χ0v) is 14.6. The van der Waals surface area contributed by atoms with Crippen LogP contribution in [0.15, 0.2) is 28.8 Å². The lowest BCUT2D eigenvalue weighted by atomic mass is 10.0. The fourth-order valence-electron chi connectivity index (χ4n) is 3.22. The molecule has 2 aliphatic heterocycles.